The minimum atomic E-state index is -2.65. The minimum Gasteiger partial charge on any atom is -0.508 e. The number of aromatic hydroxyl groups is 1. The van der Waals surface area contributed by atoms with Gasteiger partial charge in [0.25, 0.3) is 5.92 Å². The molecule has 1 amide bonds. The molecule has 5 atom stereocenters. The molecule has 3 aliphatic carbocycles. The minimum absolute atomic E-state index is 0.00991. The van der Waals surface area contributed by atoms with Crippen molar-refractivity contribution in [2.24, 2.45) is 23.2 Å². The van der Waals surface area contributed by atoms with Gasteiger partial charge in [-0.25, -0.2) is 8.78 Å². The summed E-state index contributed by atoms with van der Waals surface area (Å²) in [6, 6.07) is 15.4. The monoisotopic (exact) mass is 467 g/mol. The Morgan fingerprint density at radius 1 is 1.15 bits per heavy atom. The van der Waals surface area contributed by atoms with Gasteiger partial charge in [-0.1, -0.05) is 43.3 Å². The van der Waals surface area contributed by atoms with E-state index in [4.69, 9.17) is 0 Å². The average Bonchev–Trinajstić information content (AvgIpc) is 3.03. The number of aryl methyl sites for hydroxylation is 1. The van der Waals surface area contributed by atoms with E-state index in [1.54, 1.807) is 6.07 Å². The number of hydrogen-bond acceptors (Lipinski definition) is 2. The van der Waals surface area contributed by atoms with Crippen LogP contribution >= 0.6 is 0 Å². The molecule has 2 saturated carbocycles. The van der Waals surface area contributed by atoms with Crippen molar-refractivity contribution in [1.29, 1.82) is 0 Å². The summed E-state index contributed by atoms with van der Waals surface area (Å²) in [6.45, 7) is 2.33. The normalized spacial score (nSPS) is 31.3. The maximum absolute atomic E-state index is 15.4. The van der Waals surface area contributed by atoms with Gasteiger partial charge >= 0.3 is 0 Å². The van der Waals surface area contributed by atoms with Crippen molar-refractivity contribution in [1.82, 2.24) is 5.32 Å². The van der Waals surface area contributed by atoms with E-state index in [0.717, 1.165) is 24.8 Å². The molecular formula is C29H35F2NO2. The maximum Gasteiger partial charge on any atom is 0.253 e. The summed E-state index contributed by atoms with van der Waals surface area (Å²) < 4.78 is 30.8. The van der Waals surface area contributed by atoms with E-state index in [-0.39, 0.29) is 35.8 Å². The van der Waals surface area contributed by atoms with Crippen LogP contribution in [0.4, 0.5) is 8.78 Å². The lowest BCUT2D eigenvalue weighted by Gasteiger charge is -2.51. The third kappa shape index (κ3) is 4.12. The fourth-order valence-electron chi connectivity index (χ4n) is 7.50. The fraction of sp³-hybridized carbons (Fsp3) is 0.552. The van der Waals surface area contributed by atoms with Gasteiger partial charge in [0.05, 0.1) is 0 Å². The molecule has 0 aromatic heterocycles. The predicted octanol–water partition coefficient (Wildman–Crippen LogP) is 6.60. The molecule has 0 radical (unpaired) electrons. The molecule has 2 aromatic rings. The zero-order valence-corrected chi connectivity index (χ0v) is 19.9. The zero-order valence-electron chi connectivity index (χ0n) is 19.9. The van der Waals surface area contributed by atoms with Crippen LogP contribution in [0.1, 0.15) is 74.5 Å². The fourth-order valence-corrected chi connectivity index (χ4v) is 7.50. The Kier molecular flexibility index (Phi) is 6.16. The maximum atomic E-state index is 15.4. The van der Waals surface area contributed by atoms with Crippen LogP contribution in [0.2, 0.25) is 0 Å². The molecule has 3 nitrogen and oxygen atoms in total. The van der Waals surface area contributed by atoms with E-state index in [9.17, 15) is 9.90 Å². The molecule has 0 heterocycles. The highest BCUT2D eigenvalue weighted by atomic mass is 19.3. The second-order valence-corrected chi connectivity index (χ2v) is 11.0. The zero-order chi connectivity index (χ0) is 23.9. The van der Waals surface area contributed by atoms with Crippen LogP contribution in [-0.2, 0) is 17.8 Å². The van der Waals surface area contributed by atoms with E-state index < -0.39 is 11.3 Å². The van der Waals surface area contributed by atoms with Crippen LogP contribution in [0.15, 0.2) is 48.5 Å². The molecule has 2 fully saturated rings. The van der Waals surface area contributed by atoms with Crippen molar-refractivity contribution in [3.05, 3.63) is 65.2 Å². The van der Waals surface area contributed by atoms with Gasteiger partial charge in [-0.05, 0) is 91.0 Å². The quantitative estimate of drug-likeness (QED) is 0.503. The van der Waals surface area contributed by atoms with E-state index in [1.165, 1.54) is 11.1 Å². The van der Waals surface area contributed by atoms with Gasteiger partial charge in [-0.15, -0.1) is 0 Å². The van der Waals surface area contributed by atoms with Crippen molar-refractivity contribution in [2.45, 2.75) is 76.7 Å². The van der Waals surface area contributed by atoms with E-state index in [2.05, 4.69) is 5.32 Å². The molecule has 182 valence electrons. The predicted molar refractivity (Wildman–Crippen MR) is 129 cm³/mol. The number of carbonyl (C=O) groups is 1. The van der Waals surface area contributed by atoms with Crippen LogP contribution in [0.5, 0.6) is 5.75 Å². The first kappa shape index (κ1) is 23.3. The summed E-state index contributed by atoms with van der Waals surface area (Å²) in [6.07, 6.45) is 4.75. The summed E-state index contributed by atoms with van der Waals surface area (Å²) in [5.74, 6) is -1.89. The van der Waals surface area contributed by atoms with Crippen molar-refractivity contribution in [3.63, 3.8) is 0 Å². The highest BCUT2D eigenvalue weighted by Crippen LogP contribution is 2.68. The lowest BCUT2D eigenvalue weighted by Crippen LogP contribution is -2.47. The summed E-state index contributed by atoms with van der Waals surface area (Å²) in [5, 5.41) is 12.9. The van der Waals surface area contributed by atoms with Gasteiger partial charge in [0.2, 0.25) is 5.91 Å². The van der Waals surface area contributed by atoms with Gasteiger partial charge in [0.15, 0.2) is 0 Å². The summed E-state index contributed by atoms with van der Waals surface area (Å²) in [7, 11) is 0. The smallest absolute Gasteiger partial charge is 0.253 e. The number of alkyl halides is 2. The molecule has 5 heteroatoms. The van der Waals surface area contributed by atoms with Gasteiger partial charge in [0.1, 0.15) is 5.75 Å². The highest BCUT2D eigenvalue weighted by Gasteiger charge is 2.67. The summed E-state index contributed by atoms with van der Waals surface area (Å²) in [5.41, 5.74) is 2.54. The SMILES string of the molecule is C[C@]12CCC3c4ccc(O)cc4CCC3C1[C@@H](CCCC(=O)NCc1ccccc1)CC2(F)F. The molecule has 0 saturated heterocycles. The first-order valence-electron chi connectivity index (χ1n) is 12.8. The Bertz CT molecular complexity index is 1040. The second kappa shape index (κ2) is 8.98. The van der Waals surface area contributed by atoms with Crippen LogP contribution in [0, 0.1) is 23.2 Å². The molecule has 0 aliphatic heterocycles. The van der Waals surface area contributed by atoms with Crippen LogP contribution < -0.4 is 5.32 Å². The number of rotatable bonds is 6. The molecular weight excluding hydrogens is 432 g/mol. The molecule has 2 N–H and O–H groups in total. The molecule has 5 rings (SSSR count). The number of hydrogen-bond donors (Lipinski definition) is 2. The lowest BCUT2D eigenvalue weighted by atomic mass is 9.53. The number of amides is 1. The Morgan fingerprint density at radius 3 is 2.74 bits per heavy atom. The van der Waals surface area contributed by atoms with Crippen molar-refractivity contribution < 1.29 is 18.7 Å². The van der Waals surface area contributed by atoms with Gasteiger partial charge in [0, 0.05) is 24.8 Å². The first-order chi connectivity index (χ1) is 16.3. The van der Waals surface area contributed by atoms with Crippen LogP contribution in [0.3, 0.4) is 0 Å². The molecule has 0 spiro atoms. The van der Waals surface area contributed by atoms with Crippen molar-refractivity contribution in [3.8, 4) is 5.75 Å². The first-order valence-corrected chi connectivity index (χ1v) is 12.8. The van der Waals surface area contributed by atoms with Crippen LogP contribution in [-0.4, -0.2) is 16.9 Å². The number of benzene rings is 2. The number of phenols is 1. The number of nitrogens with one attached hydrogen (secondary N) is 1. The van der Waals surface area contributed by atoms with Gasteiger partial charge < -0.3 is 10.4 Å². The molecule has 34 heavy (non-hydrogen) atoms. The third-order valence-corrected chi connectivity index (χ3v) is 9.13. The van der Waals surface area contributed by atoms with E-state index in [0.29, 0.717) is 38.1 Å². The Labute approximate surface area is 201 Å². The second-order valence-electron chi connectivity index (χ2n) is 11.0. The standard InChI is InChI=1S/C29H35F2NO2/c1-28-15-14-24-23-13-11-22(33)16-20(23)10-12-25(24)27(28)21(17-29(28,30)31)8-5-9-26(34)32-18-19-6-3-2-4-7-19/h2-4,6-7,11,13,16,21,24-25,27,33H,5,8-10,12,14-15,17-18H2,1H3,(H,32,34)/t21-,24?,25?,27?,28-/m0/s1. The Hall–Kier alpha value is -2.43. The van der Waals surface area contributed by atoms with Gasteiger partial charge in [-0.2, -0.15) is 0 Å². The Morgan fingerprint density at radius 2 is 1.94 bits per heavy atom. The van der Waals surface area contributed by atoms with Gasteiger partial charge in [-0.3, -0.25) is 4.79 Å². The number of phenolic OH excluding ortho intramolecular Hbond substituents is 1. The average molecular weight is 468 g/mol. The third-order valence-electron chi connectivity index (χ3n) is 9.13. The van der Waals surface area contributed by atoms with E-state index in [1.807, 2.05) is 49.4 Å². The largest absolute Gasteiger partial charge is 0.508 e. The topological polar surface area (TPSA) is 49.3 Å². The summed E-state index contributed by atoms with van der Waals surface area (Å²) >= 11 is 0. The Balaban J connectivity index is 1.26. The molecule has 3 aliphatic rings. The van der Waals surface area contributed by atoms with Crippen LogP contribution in [0.25, 0.3) is 0 Å². The van der Waals surface area contributed by atoms with E-state index >= 15 is 8.78 Å². The van der Waals surface area contributed by atoms with Crippen molar-refractivity contribution in [2.75, 3.05) is 0 Å². The lowest BCUT2D eigenvalue weighted by molar-refractivity contribution is -0.133. The van der Waals surface area contributed by atoms with Crippen molar-refractivity contribution >= 4 is 5.91 Å². The number of halogens is 2. The molecule has 3 unspecified atom stereocenters. The summed E-state index contributed by atoms with van der Waals surface area (Å²) in [4.78, 5) is 12.4. The number of fused-ring (bicyclic) bond motifs is 5. The highest BCUT2D eigenvalue weighted by molar-refractivity contribution is 5.75. The number of carbonyl (C=O) groups excluding carboxylic acids is 1. The molecule has 2 aromatic carbocycles. The molecule has 0 bridgehead atoms.